The number of hydrogen-bond donors (Lipinski definition) is 0. The van der Waals surface area contributed by atoms with Crippen LogP contribution in [0.1, 0.15) is 24.0 Å². The van der Waals surface area contributed by atoms with Crippen LogP contribution in [0.3, 0.4) is 0 Å². The second kappa shape index (κ2) is 3.74. The van der Waals surface area contributed by atoms with Crippen molar-refractivity contribution in [1.29, 1.82) is 0 Å². The molecule has 2 rings (SSSR count). The second-order valence-electron chi connectivity index (χ2n) is 4.34. The van der Waals surface area contributed by atoms with E-state index < -0.39 is 10.0 Å². The topological polar surface area (TPSA) is 37.4 Å². The lowest BCUT2D eigenvalue weighted by atomic mass is 9.79. The number of rotatable bonds is 2. The Bertz CT molecular complexity index is 539. The Morgan fingerprint density at radius 3 is 2.56 bits per heavy atom. The Balaban J connectivity index is 2.50. The minimum atomic E-state index is -3.20. The number of benzene rings is 1. The van der Waals surface area contributed by atoms with E-state index in [4.69, 9.17) is 0 Å². The maximum atomic E-state index is 11.5. The van der Waals surface area contributed by atoms with Gasteiger partial charge in [-0.2, -0.15) is 0 Å². The van der Waals surface area contributed by atoms with Gasteiger partial charge in [0.15, 0.2) is 0 Å². The molecule has 0 spiro atoms. The molecule has 1 aliphatic rings. The molecule has 0 N–H and O–H groups in total. The van der Waals surface area contributed by atoms with Crippen LogP contribution >= 0.6 is 15.9 Å². The molecule has 0 aromatic heterocycles. The van der Waals surface area contributed by atoms with Gasteiger partial charge in [0.05, 0.1) is 11.9 Å². The predicted octanol–water partition coefficient (Wildman–Crippen LogP) is 2.50. The minimum absolute atomic E-state index is 0.537. The maximum Gasteiger partial charge on any atom is 0.232 e. The molecule has 0 fully saturated rings. The summed E-state index contributed by atoms with van der Waals surface area (Å²) in [6.45, 7) is 2.15. The van der Waals surface area contributed by atoms with E-state index in [0.29, 0.717) is 11.6 Å². The third-order valence-corrected chi connectivity index (χ3v) is 4.93. The van der Waals surface area contributed by atoms with Gasteiger partial charge in [-0.3, -0.25) is 4.31 Å². The fraction of sp³-hybridized carbons (Fsp3) is 0.455. The molecule has 5 heteroatoms. The van der Waals surface area contributed by atoms with Crippen LogP contribution in [-0.4, -0.2) is 21.7 Å². The lowest BCUT2D eigenvalue weighted by Gasteiger charge is -2.30. The zero-order valence-corrected chi connectivity index (χ0v) is 11.9. The molecule has 0 amide bonds. The molecule has 1 atom stereocenters. The average Bonchev–Trinajstić information content (AvgIpc) is 2.14. The number of hydrogen-bond acceptors (Lipinski definition) is 2. The van der Waals surface area contributed by atoms with Gasteiger partial charge in [0.1, 0.15) is 0 Å². The van der Waals surface area contributed by atoms with Gasteiger partial charge < -0.3 is 0 Å². The fourth-order valence-electron chi connectivity index (χ4n) is 1.98. The smallest absolute Gasteiger partial charge is 0.232 e. The van der Waals surface area contributed by atoms with E-state index in [0.717, 1.165) is 10.9 Å². The molecule has 88 valence electrons. The summed E-state index contributed by atoms with van der Waals surface area (Å²) >= 11 is 3.42. The molecule has 1 aliphatic carbocycles. The molecule has 1 aromatic rings. The summed E-state index contributed by atoms with van der Waals surface area (Å²) in [6.07, 6.45) is 2.29. The van der Waals surface area contributed by atoms with Crippen LogP contribution in [0.2, 0.25) is 0 Å². The van der Waals surface area contributed by atoms with Crippen LogP contribution in [-0.2, 0) is 16.4 Å². The van der Waals surface area contributed by atoms with E-state index in [1.54, 1.807) is 7.05 Å². The number of anilines is 1. The van der Waals surface area contributed by atoms with Crippen molar-refractivity contribution in [2.24, 2.45) is 0 Å². The Hall–Kier alpha value is -0.550. The van der Waals surface area contributed by atoms with Crippen LogP contribution in [0.15, 0.2) is 16.6 Å². The summed E-state index contributed by atoms with van der Waals surface area (Å²) in [4.78, 5) is 0. The number of fused-ring (bicyclic) bond motifs is 1. The predicted molar refractivity (Wildman–Crippen MR) is 69.5 cm³/mol. The first kappa shape index (κ1) is 11.9. The van der Waals surface area contributed by atoms with Crippen molar-refractivity contribution in [1.82, 2.24) is 0 Å². The number of sulfonamides is 1. The monoisotopic (exact) mass is 303 g/mol. The number of nitrogens with zero attached hydrogens (tertiary/aromatic N) is 1. The molecule has 0 saturated carbocycles. The van der Waals surface area contributed by atoms with E-state index in [9.17, 15) is 8.42 Å². The molecule has 0 aliphatic heterocycles. The SMILES string of the molecule is CC1Cc2cc(Br)c(N(C)S(C)(=O)=O)cc21. The highest BCUT2D eigenvalue weighted by molar-refractivity contribution is 9.10. The van der Waals surface area contributed by atoms with Crippen molar-refractivity contribution in [3.8, 4) is 0 Å². The first-order valence-electron chi connectivity index (χ1n) is 5.07. The summed E-state index contributed by atoms with van der Waals surface area (Å²) in [5, 5.41) is 0. The Kier molecular flexibility index (Phi) is 2.78. The standard InChI is InChI=1S/C11H14BrNO2S/c1-7-4-8-5-10(12)11(6-9(7)8)13(2)16(3,14)15/h5-7H,4H2,1-3H3. The molecular formula is C11H14BrNO2S. The average molecular weight is 304 g/mol. The molecule has 0 bridgehead atoms. The van der Waals surface area contributed by atoms with Crippen molar-refractivity contribution >= 4 is 31.6 Å². The van der Waals surface area contributed by atoms with Crippen LogP contribution in [0.25, 0.3) is 0 Å². The molecule has 1 aromatic carbocycles. The largest absolute Gasteiger partial charge is 0.272 e. The van der Waals surface area contributed by atoms with Gasteiger partial charge in [0, 0.05) is 11.5 Å². The van der Waals surface area contributed by atoms with Gasteiger partial charge in [-0.15, -0.1) is 0 Å². The normalized spacial score (nSPS) is 18.9. The van der Waals surface area contributed by atoms with Crippen LogP contribution in [0.5, 0.6) is 0 Å². The quantitative estimate of drug-likeness (QED) is 0.842. The lowest BCUT2D eigenvalue weighted by Crippen LogP contribution is -2.26. The van der Waals surface area contributed by atoms with Gasteiger partial charge in [0.25, 0.3) is 0 Å². The van der Waals surface area contributed by atoms with Crippen LogP contribution in [0, 0.1) is 0 Å². The molecule has 0 saturated heterocycles. The summed E-state index contributed by atoms with van der Waals surface area (Å²) in [5.74, 6) is 0.537. The van der Waals surface area contributed by atoms with E-state index in [2.05, 4.69) is 22.9 Å². The third-order valence-electron chi connectivity index (χ3n) is 3.10. The van der Waals surface area contributed by atoms with Crippen molar-refractivity contribution in [3.05, 3.63) is 27.7 Å². The van der Waals surface area contributed by atoms with Crippen molar-refractivity contribution < 1.29 is 8.42 Å². The minimum Gasteiger partial charge on any atom is -0.272 e. The summed E-state index contributed by atoms with van der Waals surface area (Å²) in [5.41, 5.74) is 3.28. The summed E-state index contributed by atoms with van der Waals surface area (Å²) in [7, 11) is -1.62. The Morgan fingerprint density at radius 2 is 2.06 bits per heavy atom. The van der Waals surface area contributed by atoms with Gasteiger partial charge in [-0.25, -0.2) is 8.42 Å². The zero-order valence-electron chi connectivity index (χ0n) is 9.49. The van der Waals surface area contributed by atoms with Gasteiger partial charge >= 0.3 is 0 Å². The molecule has 0 heterocycles. The zero-order chi connectivity index (χ0) is 12.1. The van der Waals surface area contributed by atoms with Crippen molar-refractivity contribution in [3.63, 3.8) is 0 Å². The molecular weight excluding hydrogens is 290 g/mol. The first-order valence-corrected chi connectivity index (χ1v) is 7.71. The van der Waals surface area contributed by atoms with E-state index in [-0.39, 0.29) is 0 Å². The van der Waals surface area contributed by atoms with Gasteiger partial charge in [0.2, 0.25) is 10.0 Å². The van der Waals surface area contributed by atoms with Crippen molar-refractivity contribution in [2.75, 3.05) is 17.6 Å². The van der Waals surface area contributed by atoms with Gasteiger partial charge in [-0.1, -0.05) is 6.92 Å². The highest BCUT2D eigenvalue weighted by atomic mass is 79.9. The molecule has 3 nitrogen and oxygen atoms in total. The second-order valence-corrected chi connectivity index (χ2v) is 7.21. The number of halogens is 1. The van der Waals surface area contributed by atoms with Crippen LogP contribution < -0.4 is 4.31 Å². The highest BCUT2D eigenvalue weighted by Crippen LogP contribution is 2.41. The summed E-state index contributed by atoms with van der Waals surface area (Å²) in [6, 6.07) is 3.99. The highest BCUT2D eigenvalue weighted by Gasteiger charge is 2.25. The van der Waals surface area contributed by atoms with E-state index in [1.807, 2.05) is 12.1 Å². The lowest BCUT2D eigenvalue weighted by molar-refractivity contribution is 0.600. The Morgan fingerprint density at radius 1 is 1.44 bits per heavy atom. The summed E-state index contributed by atoms with van der Waals surface area (Å²) < 4.78 is 25.1. The third kappa shape index (κ3) is 1.86. The van der Waals surface area contributed by atoms with Crippen molar-refractivity contribution in [2.45, 2.75) is 19.3 Å². The molecule has 16 heavy (non-hydrogen) atoms. The van der Waals surface area contributed by atoms with Gasteiger partial charge in [-0.05, 0) is 51.5 Å². The first-order chi connectivity index (χ1) is 7.30. The van der Waals surface area contributed by atoms with Crippen LogP contribution in [0.4, 0.5) is 5.69 Å². The van der Waals surface area contributed by atoms with E-state index >= 15 is 0 Å². The fourth-order valence-corrected chi connectivity index (χ4v) is 3.27. The Labute approximate surface area is 105 Å². The molecule has 0 radical (unpaired) electrons. The molecule has 1 unspecified atom stereocenters. The maximum absolute atomic E-state index is 11.5. The van der Waals surface area contributed by atoms with E-state index in [1.165, 1.54) is 21.7 Å².